The Balaban J connectivity index is 0.00000288. The molecule has 2 aromatic rings. The van der Waals surface area contributed by atoms with Gasteiger partial charge in [0.25, 0.3) is 6.73 Å². The van der Waals surface area contributed by atoms with Crippen LogP contribution in [0.4, 0.5) is 0 Å². The summed E-state index contributed by atoms with van der Waals surface area (Å²) in [5.74, 6) is 0. The highest BCUT2D eigenvalue weighted by Crippen LogP contribution is 2.20. The molecule has 0 aromatic carbocycles. The first kappa shape index (κ1) is 23.8. The molecule has 5 heteroatoms. The predicted molar refractivity (Wildman–Crippen MR) is 91.8 cm³/mol. The maximum Gasteiger partial charge on any atom is 0.252 e. The minimum Gasteiger partial charge on any atom is -1.00 e. The molecule has 0 unspecified atom stereocenters. The van der Waals surface area contributed by atoms with Crippen LogP contribution in [0.25, 0.3) is 0 Å². The number of ether oxygens (including phenoxy) is 1. The van der Waals surface area contributed by atoms with E-state index in [0.717, 1.165) is 0 Å². The lowest BCUT2D eigenvalue weighted by molar-refractivity contribution is -0.754. The van der Waals surface area contributed by atoms with Crippen molar-refractivity contribution in [2.45, 2.75) is 65.8 Å². The lowest BCUT2D eigenvalue weighted by atomic mass is 9.88. The van der Waals surface area contributed by atoms with Crippen LogP contribution >= 0.6 is 0 Å². The highest BCUT2D eigenvalue weighted by Gasteiger charge is 2.20. The predicted octanol–water partition coefficient (Wildman–Crippen LogP) is -2.50. The Hall–Kier alpha value is -1.16. The summed E-state index contributed by atoms with van der Waals surface area (Å²) in [4.78, 5) is 0. The van der Waals surface area contributed by atoms with Gasteiger partial charge in [-0.25, -0.2) is 4.57 Å². The molecule has 0 saturated carbocycles. The molecule has 0 aliphatic heterocycles. The molecule has 25 heavy (non-hydrogen) atoms. The maximum atomic E-state index is 5.81. The standard InChI is InChI=1S/C20H30N2O.2ClH/c1-19(2,3)18-9-11-21(12-10-18)16-23-15-17-7-13-22(14-8-17)20(4,5)6;;/h7-14H,15-16H2,1-6H3;2*1H/q+2;;/p-2. The number of halogens is 2. The molecule has 0 bridgehead atoms. The average molecular weight is 385 g/mol. The zero-order valence-electron chi connectivity index (χ0n) is 16.1. The van der Waals surface area contributed by atoms with Crippen LogP contribution < -0.4 is 33.9 Å². The fraction of sp³-hybridized carbons (Fsp3) is 0.500. The monoisotopic (exact) mass is 384 g/mol. The van der Waals surface area contributed by atoms with Crippen molar-refractivity contribution in [1.29, 1.82) is 0 Å². The maximum absolute atomic E-state index is 5.81. The van der Waals surface area contributed by atoms with Gasteiger partial charge in [-0.1, -0.05) is 20.8 Å². The normalized spacial score (nSPS) is 11.4. The van der Waals surface area contributed by atoms with Crippen LogP contribution in [0.1, 0.15) is 52.7 Å². The second kappa shape index (κ2) is 9.51. The minimum absolute atomic E-state index is 0. The van der Waals surface area contributed by atoms with E-state index in [1.807, 2.05) is 0 Å². The van der Waals surface area contributed by atoms with Crippen molar-refractivity contribution < 1.29 is 38.7 Å². The summed E-state index contributed by atoms with van der Waals surface area (Å²) in [5.41, 5.74) is 2.83. The summed E-state index contributed by atoms with van der Waals surface area (Å²) in [7, 11) is 0. The van der Waals surface area contributed by atoms with Gasteiger partial charge in [-0.3, -0.25) is 0 Å². The highest BCUT2D eigenvalue weighted by molar-refractivity contribution is 5.17. The summed E-state index contributed by atoms with van der Waals surface area (Å²) >= 11 is 0. The number of hydrogen-bond acceptors (Lipinski definition) is 1. The molecule has 0 amide bonds. The molecule has 0 fully saturated rings. The van der Waals surface area contributed by atoms with Crippen molar-refractivity contribution in [3.63, 3.8) is 0 Å². The third-order valence-electron chi connectivity index (χ3n) is 3.94. The van der Waals surface area contributed by atoms with Gasteiger partial charge >= 0.3 is 0 Å². The summed E-state index contributed by atoms with van der Waals surface area (Å²) in [6.07, 6.45) is 8.40. The number of hydrogen-bond donors (Lipinski definition) is 0. The van der Waals surface area contributed by atoms with E-state index in [2.05, 4.69) is 99.7 Å². The van der Waals surface area contributed by atoms with Gasteiger partial charge in [0.1, 0.15) is 0 Å². The van der Waals surface area contributed by atoms with E-state index in [1.54, 1.807) is 0 Å². The van der Waals surface area contributed by atoms with Gasteiger partial charge in [0.2, 0.25) is 0 Å². The molecule has 0 N–H and O–H groups in total. The molecule has 2 aromatic heterocycles. The van der Waals surface area contributed by atoms with Crippen molar-refractivity contribution in [2.24, 2.45) is 0 Å². The number of nitrogens with zero attached hydrogens (tertiary/aromatic N) is 2. The van der Waals surface area contributed by atoms with Crippen LogP contribution in [0, 0.1) is 0 Å². The number of aromatic nitrogens is 2. The van der Waals surface area contributed by atoms with Crippen LogP contribution in [0.3, 0.4) is 0 Å². The van der Waals surface area contributed by atoms with Gasteiger partial charge in [-0.05, 0) is 16.5 Å². The lowest BCUT2D eigenvalue weighted by Gasteiger charge is -2.17. The molecule has 0 saturated heterocycles. The Morgan fingerprint density at radius 1 is 0.800 bits per heavy atom. The Labute approximate surface area is 164 Å². The van der Waals surface area contributed by atoms with Crippen molar-refractivity contribution in [3.8, 4) is 0 Å². The Kier molecular flexibility index (Phi) is 9.07. The van der Waals surface area contributed by atoms with E-state index in [4.69, 9.17) is 4.74 Å². The number of rotatable bonds is 4. The smallest absolute Gasteiger partial charge is 0.252 e. The Bertz CT molecular complexity index is 569. The Morgan fingerprint density at radius 3 is 1.76 bits per heavy atom. The third-order valence-corrected chi connectivity index (χ3v) is 3.94. The van der Waals surface area contributed by atoms with Gasteiger partial charge in [-0.15, -0.1) is 0 Å². The first-order valence-electron chi connectivity index (χ1n) is 8.24. The van der Waals surface area contributed by atoms with Crippen molar-refractivity contribution >= 4 is 0 Å². The Morgan fingerprint density at radius 2 is 1.32 bits per heavy atom. The van der Waals surface area contributed by atoms with Gasteiger partial charge < -0.3 is 29.6 Å². The van der Waals surface area contributed by atoms with Crippen LogP contribution in [0.2, 0.25) is 0 Å². The van der Waals surface area contributed by atoms with Gasteiger partial charge in [-0.2, -0.15) is 4.57 Å². The molecule has 2 heterocycles. The minimum atomic E-state index is 0. The van der Waals surface area contributed by atoms with E-state index in [9.17, 15) is 0 Å². The zero-order chi connectivity index (χ0) is 17.1. The molecule has 0 aliphatic rings. The topological polar surface area (TPSA) is 17.0 Å². The first-order valence-corrected chi connectivity index (χ1v) is 8.24. The zero-order valence-corrected chi connectivity index (χ0v) is 17.6. The first-order chi connectivity index (χ1) is 10.7. The summed E-state index contributed by atoms with van der Waals surface area (Å²) in [6.45, 7) is 14.5. The molecular formula is C20H30Cl2N2O. The summed E-state index contributed by atoms with van der Waals surface area (Å²) in [6, 6.07) is 8.58. The van der Waals surface area contributed by atoms with Crippen molar-refractivity contribution in [2.75, 3.05) is 0 Å². The third kappa shape index (κ3) is 7.31. The second-order valence-electron chi connectivity index (χ2n) is 8.11. The summed E-state index contributed by atoms with van der Waals surface area (Å²) in [5, 5.41) is 0. The average Bonchev–Trinajstić information content (AvgIpc) is 2.46. The number of pyridine rings is 2. The van der Waals surface area contributed by atoms with E-state index in [1.165, 1.54) is 11.1 Å². The van der Waals surface area contributed by atoms with Crippen LogP contribution in [-0.2, 0) is 29.0 Å². The van der Waals surface area contributed by atoms with Crippen molar-refractivity contribution in [1.82, 2.24) is 0 Å². The van der Waals surface area contributed by atoms with Gasteiger partial charge in [0, 0.05) is 45.0 Å². The fourth-order valence-electron chi connectivity index (χ4n) is 2.31. The van der Waals surface area contributed by atoms with Crippen LogP contribution in [-0.4, -0.2) is 0 Å². The van der Waals surface area contributed by atoms with Gasteiger partial charge in [0.15, 0.2) is 30.3 Å². The molecule has 0 radical (unpaired) electrons. The van der Waals surface area contributed by atoms with Crippen molar-refractivity contribution in [3.05, 3.63) is 60.2 Å². The van der Waals surface area contributed by atoms with Gasteiger partial charge in [0.05, 0.1) is 6.61 Å². The van der Waals surface area contributed by atoms with E-state index in [-0.39, 0.29) is 35.8 Å². The van der Waals surface area contributed by atoms with E-state index >= 15 is 0 Å². The molecule has 0 spiro atoms. The molecule has 0 atom stereocenters. The molecular weight excluding hydrogens is 355 g/mol. The summed E-state index contributed by atoms with van der Waals surface area (Å²) < 4.78 is 10.1. The fourth-order valence-corrected chi connectivity index (χ4v) is 2.31. The molecule has 0 aliphatic carbocycles. The SMILES string of the molecule is CC(C)(C)c1cc[n+](COCc2cc[n+](C(C)(C)C)cc2)cc1.[Cl-].[Cl-]. The van der Waals surface area contributed by atoms with Crippen LogP contribution in [0.5, 0.6) is 0 Å². The molecule has 3 nitrogen and oxygen atoms in total. The van der Waals surface area contributed by atoms with E-state index in [0.29, 0.717) is 13.3 Å². The van der Waals surface area contributed by atoms with E-state index < -0.39 is 0 Å². The largest absolute Gasteiger partial charge is 1.00 e. The quantitative estimate of drug-likeness (QED) is 0.532. The highest BCUT2D eigenvalue weighted by atomic mass is 35.5. The molecule has 2 rings (SSSR count). The molecule has 140 valence electrons. The second-order valence-corrected chi connectivity index (χ2v) is 8.11. The van der Waals surface area contributed by atoms with Crippen LogP contribution in [0.15, 0.2) is 49.1 Å². The lowest BCUT2D eigenvalue weighted by Crippen LogP contribution is -3.00.